The zero-order chi connectivity index (χ0) is 16.4. The van der Waals surface area contributed by atoms with Crippen molar-refractivity contribution in [3.8, 4) is 11.4 Å². The highest BCUT2D eigenvalue weighted by Crippen LogP contribution is 2.20. The number of tetrazole rings is 1. The van der Waals surface area contributed by atoms with Crippen molar-refractivity contribution in [2.45, 2.75) is 6.61 Å². The van der Waals surface area contributed by atoms with Crippen LogP contribution in [0.2, 0.25) is 0 Å². The molecular weight excluding hydrogens is 308 g/mol. The normalized spacial score (nSPS) is 10.8. The summed E-state index contributed by atoms with van der Waals surface area (Å²) in [6.45, 7) is 0.185. The number of ether oxygens (including phenoxy) is 1. The Morgan fingerprint density at radius 1 is 1.04 bits per heavy atom. The van der Waals surface area contributed by atoms with Crippen LogP contribution >= 0.6 is 0 Å². The number of nitrogens with zero attached hydrogens (tertiary/aromatic N) is 4. The van der Waals surface area contributed by atoms with E-state index in [9.17, 15) is 4.79 Å². The van der Waals surface area contributed by atoms with Crippen molar-refractivity contribution in [2.24, 2.45) is 0 Å². The summed E-state index contributed by atoms with van der Waals surface area (Å²) in [5, 5.41) is 12.5. The number of para-hydroxylation sites is 1. The third-order valence-electron chi connectivity index (χ3n) is 3.50. The quantitative estimate of drug-likeness (QED) is 0.537. The molecule has 0 saturated carbocycles. The van der Waals surface area contributed by atoms with Crippen LogP contribution in [0.3, 0.4) is 0 Å². The van der Waals surface area contributed by atoms with Gasteiger partial charge >= 0.3 is 5.63 Å². The van der Waals surface area contributed by atoms with Gasteiger partial charge in [-0.25, -0.2) is 4.79 Å². The Morgan fingerprint density at radius 3 is 2.75 bits per heavy atom. The second kappa shape index (κ2) is 5.96. The molecule has 0 atom stereocenters. The van der Waals surface area contributed by atoms with E-state index in [1.54, 1.807) is 22.9 Å². The smallest absolute Gasteiger partial charge is 0.336 e. The van der Waals surface area contributed by atoms with Gasteiger partial charge in [-0.1, -0.05) is 18.2 Å². The van der Waals surface area contributed by atoms with Gasteiger partial charge < -0.3 is 9.15 Å². The van der Waals surface area contributed by atoms with E-state index in [2.05, 4.69) is 15.5 Å². The molecule has 0 amide bonds. The summed E-state index contributed by atoms with van der Waals surface area (Å²) in [4.78, 5) is 11.3. The van der Waals surface area contributed by atoms with Crippen LogP contribution in [0.1, 0.15) is 5.82 Å². The van der Waals surface area contributed by atoms with Gasteiger partial charge in [-0.15, -0.1) is 5.10 Å². The topological polar surface area (TPSA) is 83.0 Å². The zero-order valence-corrected chi connectivity index (χ0v) is 12.5. The Balaban J connectivity index is 1.58. The largest absolute Gasteiger partial charge is 0.485 e. The van der Waals surface area contributed by atoms with Gasteiger partial charge in [0.25, 0.3) is 0 Å². The van der Waals surface area contributed by atoms with Crippen LogP contribution in [0.15, 0.2) is 69.9 Å². The molecule has 0 unspecified atom stereocenters. The fraction of sp³-hybridized carbons (Fsp3) is 0.0588. The van der Waals surface area contributed by atoms with Crippen LogP contribution in [-0.4, -0.2) is 20.2 Å². The van der Waals surface area contributed by atoms with Gasteiger partial charge in [0, 0.05) is 17.5 Å². The summed E-state index contributed by atoms with van der Waals surface area (Å²) in [6, 6.07) is 18.0. The van der Waals surface area contributed by atoms with Crippen molar-refractivity contribution >= 4 is 11.0 Å². The van der Waals surface area contributed by atoms with Crippen molar-refractivity contribution in [1.82, 2.24) is 20.2 Å². The predicted molar refractivity (Wildman–Crippen MR) is 86.0 cm³/mol. The summed E-state index contributed by atoms with van der Waals surface area (Å²) < 4.78 is 12.5. The first kappa shape index (κ1) is 14.1. The van der Waals surface area contributed by atoms with Crippen molar-refractivity contribution in [3.63, 3.8) is 0 Å². The summed E-state index contributed by atoms with van der Waals surface area (Å²) in [5.41, 5.74) is 0.931. The lowest BCUT2D eigenvalue weighted by Gasteiger charge is -2.07. The van der Waals surface area contributed by atoms with Gasteiger partial charge in [0.05, 0.1) is 5.69 Å². The highest BCUT2D eigenvalue weighted by Gasteiger charge is 2.09. The maximum absolute atomic E-state index is 11.3. The standard InChI is InChI=1S/C17H12N4O3/c22-17-9-7-12-6-8-14(10-15(12)24-17)23-11-16-18-19-20-21(16)13-4-2-1-3-5-13/h1-10H,11H2. The highest BCUT2D eigenvalue weighted by atomic mass is 16.5. The Labute approximate surface area is 136 Å². The number of hydrogen-bond acceptors (Lipinski definition) is 6. The Morgan fingerprint density at radius 2 is 1.88 bits per heavy atom. The summed E-state index contributed by atoms with van der Waals surface area (Å²) in [6.07, 6.45) is 0. The maximum atomic E-state index is 11.3. The lowest BCUT2D eigenvalue weighted by atomic mass is 10.2. The van der Waals surface area contributed by atoms with Gasteiger partial charge in [-0.2, -0.15) is 4.68 Å². The van der Waals surface area contributed by atoms with Gasteiger partial charge in [0.1, 0.15) is 17.9 Å². The molecule has 0 aliphatic carbocycles. The molecule has 24 heavy (non-hydrogen) atoms. The third kappa shape index (κ3) is 2.74. The molecule has 7 nitrogen and oxygen atoms in total. The minimum atomic E-state index is -0.396. The molecule has 0 aliphatic heterocycles. The number of hydrogen-bond donors (Lipinski definition) is 0. The van der Waals surface area contributed by atoms with Gasteiger partial charge in [-0.3, -0.25) is 0 Å². The molecule has 0 aliphatic rings. The highest BCUT2D eigenvalue weighted by molar-refractivity contribution is 5.77. The Kier molecular flexibility index (Phi) is 3.51. The number of rotatable bonds is 4. The van der Waals surface area contributed by atoms with Gasteiger partial charge in [0.15, 0.2) is 5.82 Å². The molecule has 0 saturated heterocycles. The maximum Gasteiger partial charge on any atom is 0.336 e. The van der Waals surface area contributed by atoms with Crippen LogP contribution in [0, 0.1) is 0 Å². The SMILES string of the molecule is O=c1ccc2ccc(OCc3nnnn3-c3ccccc3)cc2o1. The van der Waals surface area contributed by atoms with Crippen LogP contribution < -0.4 is 10.4 Å². The van der Waals surface area contributed by atoms with E-state index in [1.165, 1.54) is 6.07 Å². The van der Waals surface area contributed by atoms with E-state index < -0.39 is 5.63 Å². The van der Waals surface area contributed by atoms with Crippen molar-refractivity contribution in [2.75, 3.05) is 0 Å². The fourth-order valence-corrected chi connectivity index (χ4v) is 2.34. The first-order valence-electron chi connectivity index (χ1n) is 7.29. The molecule has 0 N–H and O–H groups in total. The van der Waals surface area contributed by atoms with E-state index in [0.717, 1.165) is 11.1 Å². The minimum Gasteiger partial charge on any atom is -0.485 e. The number of aromatic nitrogens is 4. The molecule has 118 valence electrons. The molecule has 0 spiro atoms. The van der Waals surface area contributed by atoms with E-state index in [-0.39, 0.29) is 6.61 Å². The monoisotopic (exact) mass is 320 g/mol. The predicted octanol–water partition coefficient (Wildman–Crippen LogP) is 2.35. The van der Waals surface area contributed by atoms with E-state index in [0.29, 0.717) is 17.2 Å². The summed E-state index contributed by atoms with van der Waals surface area (Å²) >= 11 is 0. The molecule has 4 rings (SSSR count). The van der Waals surface area contributed by atoms with Gasteiger partial charge in [-0.05, 0) is 40.8 Å². The lowest BCUT2D eigenvalue weighted by Crippen LogP contribution is -2.06. The van der Waals surface area contributed by atoms with E-state index in [4.69, 9.17) is 9.15 Å². The second-order valence-electron chi connectivity index (χ2n) is 5.09. The molecule has 2 aromatic carbocycles. The van der Waals surface area contributed by atoms with Gasteiger partial charge in [0.2, 0.25) is 0 Å². The van der Waals surface area contributed by atoms with Crippen LogP contribution in [-0.2, 0) is 6.61 Å². The molecule has 0 fully saturated rings. The zero-order valence-electron chi connectivity index (χ0n) is 12.5. The van der Waals surface area contributed by atoms with Crippen molar-refractivity contribution in [1.29, 1.82) is 0 Å². The molecule has 0 radical (unpaired) electrons. The average molecular weight is 320 g/mol. The summed E-state index contributed by atoms with van der Waals surface area (Å²) in [5.74, 6) is 1.13. The Bertz CT molecular complexity index is 1040. The summed E-state index contributed by atoms with van der Waals surface area (Å²) in [7, 11) is 0. The fourth-order valence-electron chi connectivity index (χ4n) is 2.34. The average Bonchev–Trinajstić information content (AvgIpc) is 3.09. The second-order valence-corrected chi connectivity index (χ2v) is 5.09. The molecule has 0 bridgehead atoms. The Hall–Kier alpha value is -3.48. The molecule has 2 aromatic heterocycles. The lowest BCUT2D eigenvalue weighted by molar-refractivity contribution is 0.292. The first-order chi connectivity index (χ1) is 11.8. The number of benzene rings is 2. The third-order valence-corrected chi connectivity index (χ3v) is 3.50. The van der Waals surface area contributed by atoms with Crippen LogP contribution in [0.4, 0.5) is 0 Å². The molecule has 4 aromatic rings. The van der Waals surface area contributed by atoms with E-state index >= 15 is 0 Å². The van der Waals surface area contributed by atoms with E-state index in [1.807, 2.05) is 36.4 Å². The van der Waals surface area contributed by atoms with Crippen LogP contribution in [0.5, 0.6) is 5.75 Å². The van der Waals surface area contributed by atoms with Crippen molar-refractivity contribution < 1.29 is 9.15 Å². The molecular formula is C17H12N4O3. The molecule has 7 heteroatoms. The minimum absolute atomic E-state index is 0.185. The van der Waals surface area contributed by atoms with Crippen LogP contribution in [0.25, 0.3) is 16.7 Å². The first-order valence-corrected chi connectivity index (χ1v) is 7.29. The number of fused-ring (bicyclic) bond motifs is 1. The molecule has 2 heterocycles. The van der Waals surface area contributed by atoms with Crippen molar-refractivity contribution in [3.05, 3.63) is 76.9 Å².